The van der Waals surface area contributed by atoms with Gasteiger partial charge in [-0.1, -0.05) is 78.9 Å². The standard InChI is InChI=1S/C29H30N4O3/c1-36-17-16-33-18-24(20-10-4-2-5-11-20)25(19-33)30-29(35)32-27-22-14-8-9-15-23(22)28(34)31-26(27)21-12-6-3-7-13-21/h2-15,24-25H,16-19H2,1H3,(H,31,34)(H2,30,32,35)/t24-,25+/m0/s1. The zero-order valence-electron chi connectivity index (χ0n) is 20.2. The molecule has 5 rings (SSSR count). The van der Waals surface area contributed by atoms with Crippen LogP contribution in [0.4, 0.5) is 10.5 Å². The highest BCUT2D eigenvalue weighted by Gasteiger charge is 2.34. The summed E-state index contributed by atoms with van der Waals surface area (Å²) in [6.07, 6.45) is 0. The molecule has 0 spiro atoms. The average molecular weight is 483 g/mol. The number of hydrogen-bond donors (Lipinski definition) is 3. The summed E-state index contributed by atoms with van der Waals surface area (Å²) in [5.74, 6) is 0.0983. The second-order valence-electron chi connectivity index (χ2n) is 9.05. The smallest absolute Gasteiger partial charge is 0.319 e. The number of nitrogens with one attached hydrogen (secondary N) is 2. The number of carbonyl (C=O) groups excluding carboxylic acids is 1. The number of aromatic nitrogens is 1. The van der Waals surface area contributed by atoms with Gasteiger partial charge in [0.2, 0.25) is 5.88 Å². The van der Waals surface area contributed by atoms with Crippen LogP contribution < -0.4 is 10.6 Å². The van der Waals surface area contributed by atoms with E-state index in [0.29, 0.717) is 23.4 Å². The zero-order valence-corrected chi connectivity index (χ0v) is 20.2. The Bertz CT molecular complexity index is 1330. The summed E-state index contributed by atoms with van der Waals surface area (Å²) in [7, 11) is 1.70. The van der Waals surface area contributed by atoms with Crippen molar-refractivity contribution in [3.63, 3.8) is 0 Å². The number of fused-ring (bicyclic) bond motifs is 1. The fourth-order valence-electron chi connectivity index (χ4n) is 4.97. The third-order valence-electron chi connectivity index (χ3n) is 6.73. The molecule has 7 nitrogen and oxygen atoms in total. The van der Waals surface area contributed by atoms with Gasteiger partial charge in [-0.15, -0.1) is 0 Å². The summed E-state index contributed by atoms with van der Waals surface area (Å²) >= 11 is 0. The van der Waals surface area contributed by atoms with Gasteiger partial charge in [0.1, 0.15) is 0 Å². The van der Waals surface area contributed by atoms with E-state index in [1.54, 1.807) is 13.2 Å². The molecule has 1 aliphatic heterocycles. The minimum Gasteiger partial charge on any atom is -0.493 e. The van der Waals surface area contributed by atoms with Crippen molar-refractivity contribution in [2.75, 3.05) is 38.7 Å². The third-order valence-corrected chi connectivity index (χ3v) is 6.73. The molecular formula is C29H30N4O3. The van der Waals surface area contributed by atoms with Crippen molar-refractivity contribution in [2.45, 2.75) is 12.0 Å². The fourth-order valence-corrected chi connectivity index (χ4v) is 4.97. The van der Waals surface area contributed by atoms with Gasteiger partial charge in [0, 0.05) is 49.0 Å². The summed E-state index contributed by atoms with van der Waals surface area (Å²) in [6, 6.07) is 26.9. The van der Waals surface area contributed by atoms with Gasteiger partial charge in [0.05, 0.1) is 24.0 Å². The van der Waals surface area contributed by atoms with Crippen LogP contribution in [-0.4, -0.2) is 60.4 Å². The first kappa shape index (κ1) is 23.8. The molecule has 1 aliphatic rings. The number of likely N-dealkylation sites (tertiary alicyclic amines) is 1. The SMILES string of the molecule is COCCN1C[C@@H](NC(=O)Nc2c(-c3ccccc3)nc(O)c3ccccc23)[C@H](c2ccccc2)C1. The van der Waals surface area contributed by atoms with Crippen molar-refractivity contribution >= 4 is 22.5 Å². The average Bonchev–Trinajstić information content (AvgIpc) is 3.32. The number of pyridine rings is 1. The van der Waals surface area contributed by atoms with Gasteiger partial charge < -0.3 is 20.5 Å². The normalized spacial score (nSPS) is 17.8. The van der Waals surface area contributed by atoms with E-state index in [9.17, 15) is 9.90 Å². The van der Waals surface area contributed by atoms with Gasteiger partial charge in [0.25, 0.3) is 0 Å². The predicted molar refractivity (Wildman–Crippen MR) is 142 cm³/mol. The molecule has 3 N–H and O–H groups in total. The second kappa shape index (κ2) is 10.8. The molecule has 0 unspecified atom stereocenters. The van der Waals surface area contributed by atoms with Crippen molar-refractivity contribution < 1.29 is 14.6 Å². The van der Waals surface area contributed by atoms with Crippen LogP contribution in [0.1, 0.15) is 11.5 Å². The largest absolute Gasteiger partial charge is 0.493 e. The Morgan fingerprint density at radius 2 is 1.64 bits per heavy atom. The highest BCUT2D eigenvalue weighted by Crippen LogP contribution is 2.37. The number of hydrogen-bond acceptors (Lipinski definition) is 5. The van der Waals surface area contributed by atoms with E-state index in [0.717, 1.165) is 30.6 Å². The molecule has 1 fully saturated rings. The molecule has 4 aromatic rings. The fraction of sp³-hybridized carbons (Fsp3) is 0.241. The molecule has 0 aliphatic carbocycles. The van der Waals surface area contributed by atoms with Gasteiger partial charge in [-0.2, -0.15) is 0 Å². The topological polar surface area (TPSA) is 86.7 Å². The van der Waals surface area contributed by atoms with Gasteiger partial charge in [0.15, 0.2) is 0 Å². The number of ether oxygens (including phenoxy) is 1. The Labute approximate surface area is 210 Å². The van der Waals surface area contributed by atoms with Crippen molar-refractivity contribution in [2.24, 2.45) is 0 Å². The Morgan fingerprint density at radius 3 is 2.36 bits per heavy atom. The van der Waals surface area contributed by atoms with E-state index in [-0.39, 0.29) is 23.9 Å². The molecule has 1 saturated heterocycles. The van der Waals surface area contributed by atoms with Crippen LogP contribution >= 0.6 is 0 Å². The molecule has 0 radical (unpaired) electrons. The van der Waals surface area contributed by atoms with Crippen LogP contribution in [0.25, 0.3) is 22.0 Å². The molecule has 2 heterocycles. The minimum atomic E-state index is -0.302. The summed E-state index contributed by atoms with van der Waals surface area (Å²) in [5.41, 5.74) is 3.10. The molecule has 184 valence electrons. The molecule has 2 amide bonds. The molecule has 7 heteroatoms. The molecule has 0 saturated carbocycles. The zero-order chi connectivity index (χ0) is 24.9. The number of carbonyl (C=O) groups is 1. The second-order valence-corrected chi connectivity index (χ2v) is 9.05. The molecule has 1 aromatic heterocycles. The van der Waals surface area contributed by atoms with E-state index in [4.69, 9.17) is 4.74 Å². The van der Waals surface area contributed by atoms with Crippen molar-refractivity contribution in [3.05, 3.63) is 90.5 Å². The van der Waals surface area contributed by atoms with E-state index >= 15 is 0 Å². The van der Waals surface area contributed by atoms with Crippen molar-refractivity contribution in [3.8, 4) is 17.1 Å². The first-order chi connectivity index (χ1) is 17.6. The Balaban J connectivity index is 1.44. The van der Waals surface area contributed by atoms with Crippen molar-refractivity contribution in [1.82, 2.24) is 15.2 Å². The molecule has 0 bridgehead atoms. The van der Waals surface area contributed by atoms with Gasteiger partial charge >= 0.3 is 6.03 Å². The van der Waals surface area contributed by atoms with Gasteiger partial charge in [-0.3, -0.25) is 4.90 Å². The number of aromatic hydroxyl groups is 1. The Morgan fingerprint density at radius 1 is 0.972 bits per heavy atom. The monoisotopic (exact) mass is 482 g/mol. The number of urea groups is 1. The lowest BCUT2D eigenvalue weighted by molar-refractivity contribution is 0.159. The number of methoxy groups -OCH3 is 1. The maximum Gasteiger partial charge on any atom is 0.319 e. The Hall–Kier alpha value is -3.94. The van der Waals surface area contributed by atoms with E-state index in [1.807, 2.05) is 66.7 Å². The van der Waals surface area contributed by atoms with Crippen LogP contribution in [0, 0.1) is 0 Å². The lowest BCUT2D eigenvalue weighted by atomic mass is 9.94. The van der Waals surface area contributed by atoms with Crippen LogP contribution in [0.5, 0.6) is 5.88 Å². The number of amides is 2. The van der Waals surface area contributed by atoms with Crippen LogP contribution in [0.15, 0.2) is 84.9 Å². The summed E-state index contributed by atoms with van der Waals surface area (Å²) in [5, 5.41) is 18.2. The molecule has 36 heavy (non-hydrogen) atoms. The quantitative estimate of drug-likeness (QED) is 0.351. The minimum absolute atomic E-state index is 0.0656. The summed E-state index contributed by atoms with van der Waals surface area (Å²) in [4.78, 5) is 20.2. The van der Waals surface area contributed by atoms with Crippen LogP contribution in [0.3, 0.4) is 0 Å². The third kappa shape index (κ3) is 5.03. The predicted octanol–water partition coefficient (Wildman–Crippen LogP) is 4.84. The summed E-state index contributed by atoms with van der Waals surface area (Å²) in [6.45, 7) is 3.03. The summed E-state index contributed by atoms with van der Waals surface area (Å²) < 4.78 is 5.28. The maximum atomic E-state index is 13.4. The Kier molecular flexibility index (Phi) is 7.11. The number of nitrogens with zero attached hydrogens (tertiary/aromatic N) is 2. The molecule has 2 atom stereocenters. The highest BCUT2D eigenvalue weighted by atomic mass is 16.5. The number of anilines is 1. The molecule has 3 aromatic carbocycles. The van der Waals surface area contributed by atoms with Crippen molar-refractivity contribution in [1.29, 1.82) is 0 Å². The lowest BCUT2D eigenvalue weighted by Crippen LogP contribution is -2.42. The van der Waals surface area contributed by atoms with Gasteiger partial charge in [-0.25, -0.2) is 9.78 Å². The number of rotatable bonds is 7. The first-order valence-corrected chi connectivity index (χ1v) is 12.1. The maximum absolute atomic E-state index is 13.4. The van der Waals surface area contributed by atoms with E-state index in [1.165, 1.54) is 5.56 Å². The molecular weight excluding hydrogens is 452 g/mol. The highest BCUT2D eigenvalue weighted by molar-refractivity contribution is 6.08. The number of benzene rings is 3. The van der Waals surface area contributed by atoms with Gasteiger partial charge in [-0.05, 0) is 11.6 Å². The van der Waals surface area contributed by atoms with Crippen LogP contribution in [0.2, 0.25) is 0 Å². The van der Waals surface area contributed by atoms with Crippen LogP contribution in [-0.2, 0) is 4.74 Å². The van der Waals surface area contributed by atoms with E-state index < -0.39 is 0 Å². The van der Waals surface area contributed by atoms with E-state index in [2.05, 4.69) is 32.7 Å². The first-order valence-electron chi connectivity index (χ1n) is 12.1. The lowest BCUT2D eigenvalue weighted by Gasteiger charge is -2.22.